The van der Waals surface area contributed by atoms with Crippen molar-refractivity contribution in [3.8, 4) is 0 Å². The highest BCUT2D eigenvalue weighted by molar-refractivity contribution is 5.68. The van der Waals surface area contributed by atoms with Gasteiger partial charge in [-0.25, -0.2) is 4.79 Å². The molecule has 3 nitrogen and oxygen atoms in total. The Labute approximate surface area is 151 Å². The van der Waals surface area contributed by atoms with Crippen molar-refractivity contribution in [2.45, 2.75) is 70.4 Å². The average molecular weight is 341 g/mol. The van der Waals surface area contributed by atoms with E-state index in [9.17, 15) is 4.79 Å². The summed E-state index contributed by atoms with van der Waals surface area (Å²) in [6, 6.07) is 10.5. The maximum atomic E-state index is 12.8. The number of ether oxygens (including phenoxy) is 1. The number of amides is 1. The number of rotatable bonds is 3. The van der Waals surface area contributed by atoms with Crippen LogP contribution in [0.4, 0.5) is 4.79 Å². The number of carbonyl (C=O) groups excluding carboxylic acids is 1. The lowest BCUT2D eigenvalue weighted by Crippen LogP contribution is -2.39. The summed E-state index contributed by atoms with van der Waals surface area (Å²) in [6.45, 7) is 1.33. The zero-order valence-corrected chi connectivity index (χ0v) is 15.2. The van der Waals surface area contributed by atoms with E-state index in [1.165, 1.54) is 57.8 Å². The van der Waals surface area contributed by atoms with Crippen molar-refractivity contribution in [1.29, 1.82) is 0 Å². The fourth-order valence-corrected chi connectivity index (χ4v) is 5.60. The van der Waals surface area contributed by atoms with E-state index in [1.54, 1.807) is 0 Å². The van der Waals surface area contributed by atoms with Crippen molar-refractivity contribution in [3.05, 3.63) is 35.9 Å². The minimum Gasteiger partial charge on any atom is -0.445 e. The summed E-state index contributed by atoms with van der Waals surface area (Å²) < 4.78 is 5.68. The van der Waals surface area contributed by atoms with Crippen LogP contribution >= 0.6 is 0 Å². The van der Waals surface area contributed by atoms with E-state index in [0.29, 0.717) is 12.6 Å². The Morgan fingerprint density at radius 3 is 2.44 bits per heavy atom. The van der Waals surface area contributed by atoms with Crippen LogP contribution in [0.5, 0.6) is 0 Å². The molecule has 3 unspecified atom stereocenters. The maximum Gasteiger partial charge on any atom is 0.410 e. The quantitative estimate of drug-likeness (QED) is 0.737. The van der Waals surface area contributed by atoms with Gasteiger partial charge in [-0.2, -0.15) is 0 Å². The predicted molar refractivity (Wildman–Crippen MR) is 99.1 cm³/mol. The molecule has 1 saturated heterocycles. The Kier molecular flexibility index (Phi) is 5.28. The molecule has 3 fully saturated rings. The van der Waals surface area contributed by atoms with E-state index < -0.39 is 0 Å². The third kappa shape index (κ3) is 3.70. The fraction of sp³-hybridized carbons (Fsp3) is 0.682. The van der Waals surface area contributed by atoms with E-state index in [0.717, 1.165) is 29.9 Å². The first-order chi connectivity index (χ1) is 12.3. The summed E-state index contributed by atoms with van der Waals surface area (Å²) in [5.74, 6) is 2.28. The lowest BCUT2D eigenvalue weighted by molar-refractivity contribution is 0.0823. The monoisotopic (exact) mass is 341 g/mol. The Hall–Kier alpha value is -1.51. The van der Waals surface area contributed by atoms with Crippen LogP contribution < -0.4 is 0 Å². The maximum absolute atomic E-state index is 12.8. The van der Waals surface area contributed by atoms with Gasteiger partial charge in [0, 0.05) is 12.6 Å². The zero-order chi connectivity index (χ0) is 17.1. The van der Waals surface area contributed by atoms with Gasteiger partial charge in [-0.05, 0) is 36.2 Å². The Morgan fingerprint density at radius 1 is 0.920 bits per heavy atom. The van der Waals surface area contributed by atoms with Crippen molar-refractivity contribution in [2.24, 2.45) is 17.8 Å². The molecule has 3 aliphatic rings. The second-order valence-electron chi connectivity index (χ2n) is 8.27. The minimum absolute atomic E-state index is 0.0842. The molecule has 1 heterocycles. The van der Waals surface area contributed by atoms with Crippen LogP contribution in [0.3, 0.4) is 0 Å². The molecule has 136 valence electrons. The van der Waals surface area contributed by atoms with Gasteiger partial charge in [0.15, 0.2) is 0 Å². The molecule has 1 aromatic rings. The Bertz CT molecular complexity index is 567. The molecule has 0 spiro atoms. The van der Waals surface area contributed by atoms with Crippen LogP contribution in [0, 0.1) is 17.8 Å². The summed E-state index contributed by atoms with van der Waals surface area (Å²) in [7, 11) is 0. The average Bonchev–Trinajstić information content (AvgIpc) is 3.07. The third-order valence-corrected chi connectivity index (χ3v) is 6.83. The van der Waals surface area contributed by atoms with Crippen molar-refractivity contribution in [1.82, 2.24) is 4.90 Å². The van der Waals surface area contributed by atoms with Gasteiger partial charge in [0.2, 0.25) is 0 Å². The predicted octanol–water partition coefficient (Wildman–Crippen LogP) is 5.39. The normalized spacial score (nSPS) is 30.1. The highest BCUT2D eigenvalue weighted by atomic mass is 16.6. The molecular formula is C22H31NO2. The lowest BCUT2D eigenvalue weighted by atomic mass is 9.70. The first-order valence-corrected chi connectivity index (χ1v) is 10.3. The van der Waals surface area contributed by atoms with Crippen LogP contribution in [0.15, 0.2) is 30.3 Å². The van der Waals surface area contributed by atoms with E-state index in [1.807, 2.05) is 30.3 Å². The molecule has 0 N–H and O–H groups in total. The lowest BCUT2D eigenvalue weighted by Gasteiger charge is -2.35. The molecule has 3 heteroatoms. The second kappa shape index (κ2) is 7.80. The van der Waals surface area contributed by atoms with Crippen molar-refractivity contribution < 1.29 is 9.53 Å². The summed E-state index contributed by atoms with van der Waals surface area (Å²) >= 11 is 0. The number of likely N-dealkylation sites (tertiary alicyclic amines) is 1. The first-order valence-electron chi connectivity index (χ1n) is 10.3. The van der Waals surface area contributed by atoms with Crippen LogP contribution in [-0.2, 0) is 11.3 Å². The fourth-order valence-electron chi connectivity index (χ4n) is 5.60. The molecule has 2 saturated carbocycles. The second-order valence-corrected chi connectivity index (χ2v) is 8.27. The van der Waals surface area contributed by atoms with Gasteiger partial charge < -0.3 is 9.64 Å². The number of nitrogens with zero attached hydrogens (tertiary/aromatic N) is 1. The Morgan fingerprint density at radius 2 is 1.64 bits per heavy atom. The molecule has 1 amide bonds. The number of benzene rings is 1. The van der Waals surface area contributed by atoms with Crippen molar-refractivity contribution >= 4 is 6.09 Å². The zero-order valence-electron chi connectivity index (χ0n) is 15.2. The first kappa shape index (κ1) is 16.9. The number of hydrogen-bond acceptors (Lipinski definition) is 2. The van der Waals surface area contributed by atoms with Gasteiger partial charge in [-0.1, -0.05) is 75.3 Å². The van der Waals surface area contributed by atoms with Gasteiger partial charge in [-0.3, -0.25) is 0 Å². The molecular weight excluding hydrogens is 310 g/mol. The molecule has 0 bridgehead atoms. The smallest absolute Gasteiger partial charge is 0.410 e. The summed E-state index contributed by atoms with van der Waals surface area (Å²) in [4.78, 5) is 14.9. The summed E-state index contributed by atoms with van der Waals surface area (Å²) in [5.41, 5.74) is 1.07. The number of carbonyl (C=O) groups is 1. The van der Waals surface area contributed by atoms with E-state index in [4.69, 9.17) is 4.74 Å². The van der Waals surface area contributed by atoms with Crippen LogP contribution in [-0.4, -0.2) is 23.6 Å². The third-order valence-electron chi connectivity index (χ3n) is 6.83. The molecule has 25 heavy (non-hydrogen) atoms. The summed E-state index contributed by atoms with van der Waals surface area (Å²) in [6.07, 6.45) is 11.9. The van der Waals surface area contributed by atoms with Crippen LogP contribution in [0.25, 0.3) is 0 Å². The van der Waals surface area contributed by atoms with E-state index >= 15 is 0 Å². The van der Waals surface area contributed by atoms with Crippen molar-refractivity contribution in [2.75, 3.05) is 6.54 Å². The largest absolute Gasteiger partial charge is 0.445 e. The topological polar surface area (TPSA) is 29.5 Å². The molecule has 0 aromatic heterocycles. The SMILES string of the molecule is O=C(OCc1ccccc1)N1CC(C2CCCCC2)C2CCCCC21. The molecule has 4 rings (SSSR count). The van der Waals surface area contributed by atoms with Gasteiger partial charge in [0.25, 0.3) is 0 Å². The van der Waals surface area contributed by atoms with Crippen molar-refractivity contribution in [3.63, 3.8) is 0 Å². The Balaban J connectivity index is 1.42. The molecule has 2 aliphatic carbocycles. The van der Waals surface area contributed by atoms with E-state index in [2.05, 4.69) is 4.90 Å². The molecule has 1 aliphatic heterocycles. The highest BCUT2D eigenvalue weighted by Crippen LogP contribution is 2.46. The van der Waals surface area contributed by atoms with Gasteiger partial charge >= 0.3 is 6.09 Å². The van der Waals surface area contributed by atoms with Gasteiger partial charge in [0.1, 0.15) is 6.61 Å². The molecule has 1 aromatic carbocycles. The van der Waals surface area contributed by atoms with Gasteiger partial charge in [0.05, 0.1) is 0 Å². The molecule has 3 atom stereocenters. The number of fused-ring (bicyclic) bond motifs is 1. The van der Waals surface area contributed by atoms with Crippen LogP contribution in [0.1, 0.15) is 63.4 Å². The highest BCUT2D eigenvalue weighted by Gasteiger charge is 2.47. The number of hydrogen-bond donors (Lipinski definition) is 0. The minimum atomic E-state index is -0.0842. The standard InChI is InChI=1S/C22H31NO2/c24-22(25-16-17-9-3-1-4-10-17)23-15-20(18-11-5-2-6-12-18)19-13-7-8-14-21(19)23/h1,3-4,9-10,18-21H,2,5-8,11-16H2. The molecule has 0 radical (unpaired) electrons. The summed E-state index contributed by atoms with van der Waals surface area (Å²) in [5, 5.41) is 0. The van der Waals surface area contributed by atoms with E-state index in [-0.39, 0.29) is 6.09 Å². The van der Waals surface area contributed by atoms with Gasteiger partial charge in [-0.15, -0.1) is 0 Å². The van der Waals surface area contributed by atoms with Crippen LogP contribution in [0.2, 0.25) is 0 Å².